The van der Waals surface area contributed by atoms with Gasteiger partial charge in [-0.2, -0.15) is 11.8 Å². The highest BCUT2D eigenvalue weighted by Crippen LogP contribution is 2.18. The van der Waals surface area contributed by atoms with Crippen LogP contribution in [0.2, 0.25) is 5.02 Å². The molecule has 1 amide bonds. The van der Waals surface area contributed by atoms with Crippen molar-refractivity contribution in [1.82, 2.24) is 4.90 Å². The summed E-state index contributed by atoms with van der Waals surface area (Å²) in [6, 6.07) is 6.26. The van der Waals surface area contributed by atoms with E-state index in [0.717, 1.165) is 5.75 Å². The van der Waals surface area contributed by atoms with Crippen LogP contribution in [0.15, 0.2) is 24.3 Å². The highest BCUT2D eigenvalue weighted by Gasteiger charge is 2.29. The van der Waals surface area contributed by atoms with Crippen molar-refractivity contribution < 1.29 is 14.7 Å². The van der Waals surface area contributed by atoms with E-state index in [1.165, 1.54) is 0 Å². The van der Waals surface area contributed by atoms with Crippen molar-refractivity contribution in [1.29, 1.82) is 0 Å². The van der Waals surface area contributed by atoms with Crippen molar-refractivity contribution in [3.05, 3.63) is 29.3 Å². The fraction of sp³-hybridized carbons (Fsp3) is 0.385. The fourth-order valence-corrected chi connectivity index (χ4v) is 3.30. The number of amides is 1. The van der Waals surface area contributed by atoms with E-state index in [4.69, 9.17) is 16.7 Å². The number of rotatable bonds is 4. The standard InChI is InChI=1S/C13H15ClN2O3S/c14-9-2-1-3-10(6-9)15-12(17)7-16-4-5-20-8-11(16)13(18)19/h1-3,6,11H,4-5,7-8H2,(H,15,17)(H,18,19). The molecule has 1 aromatic carbocycles. The number of carboxylic acid groups (broad SMARTS) is 1. The number of aliphatic carboxylic acids is 1. The molecule has 108 valence electrons. The normalized spacial score (nSPS) is 19.6. The number of nitrogens with one attached hydrogen (secondary N) is 1. The zero-order valence-corrected chi connectivity index (χ0v) is 12.3. The second-order valence-electron chi connectivity index (χ2n) is 4.46. The van der Waals surface area contributed by atoms with E-state index < -0.39 is 12.0 Å². The first kappa shape index (κ1) is 15.2. The van der Waals surface area contributed by atoms with E-state index in [1.54, 1.807) is 40.9 Å². The van der Waals surface area contributed by atoms with Crippen LogP contribution in [0.4, 0.5) is 5.69 Å². The smallest absolute Gasteiger partial charge is 0.321 e. The molecule has 0 spiro atoms. The molecule has 5 nitrogen and oxygen atoms in total. The van der Waals surface area contributed by atoms with Crippen LogP contribution in [0.5, 0.6) is 0 Å². The van der Waals surface area contributed by atoms with E-state index in [0.29, 0.717) is 23.0 Å². The summed E-state index contributed by atoms with van der Waals surface area (Å²) in [7, 11) is 0. The number of hydrogen-bond donors (Lipinski definition) is 2. The first-order valence-corrected chi connectivity index (χ1v) is 7.69. The Bertz CT molecular complexity index is 512. The maximum Gasteiger partial charge on any atom is 0.321 e. The Balaban J connectivity index is 1.94. The van der Waals surface area contributed by atoms with Crippen LogP contribution in [-0.2, 0) is 9.59 Å². The van der Waals surface area contributed by atoms with Gasteiger partial charge in [0, 0.05) is 28.8 Å². The van der Waals surface area contributed by atoms with Crippen LogP contribution >= 0.6 is 23.4 Å². The summed E-state index contributed by atoms with van der Waals surface area (Å²) in [4.78, 5) is 24.8. The molecule has 1 heterocycles. The molecule has 1 saturated heterocycles. The van der Waals surface area contributed by atoms with E-state index in [9.17, 15) is 9.59 Å². The van der Waals surface area contributed by atoms with Gasteiger partial charge in [0.15, 0.2) is 0 Å². The van der Waals surface area contributed by atoms with Gasteiger partial charge in [0.25, 0.3) is 0 Å². The molecule has 2 rings (SSSR count). The SMILES string of the molecule is O=C(CN1CCSCC1C(=O)O)Nc1cccc(Cl)c1. The molecule has 1 aliphatic heterocycles. The van der Waals surface area contributed by atoms with Gasteiger partial charge in [0.2, 0.25) is 5.91 Å². The molecule has 0 radical (unpaired) electrons. The van der Waals surface area contributed by atoms with Crippen LogP contribution in [-0.4, -0.2) is 52.5 Å². The van der Waals surface area contributed by atoms with E-state index in [2.05, 4.69) is 5.32 Å². The highest BCUT2D eigenvalue weighted by molar-refractivity contribution is 7.99. The topological polar surface area (TPSA) is 69.6 Å². The predicted molar refractivity (Wildman–Crippen MR) is 80.4 cm³/mol. The Labute approximate surface area is 126 Å². The Morgan fingerprint density at radius 3 is 3.00 bits per heavy atom. The van der Waals surface area contributed by atoms with Crippen molar-refractivity contribution in [2.75, 3.05) is 29.9 Å². The molecule has 0 aliphatic carbocycles. The third-order valence-corrected chi connectivity index (χ3v) is 4.24. The second-order valence-corrected chi connectivity index (χ2v) is 6.04. The monoisotopic (exact) mass is 314 g/mol. The molecule has 1 atom stereocenters. The van der Waals surface area contributed by atoms with Crippen molar-refractivity contribution in [2.24, 2.45) is 0 Å². The van der Waals surface area contributed by atoms with Gasteiger partial charge >= 0.3 is 5.97 Å². The van der Waals surface area contributed by atoms with Gasteiger partial charge in [-0.15, -0.1) is 0 Å². The molecule has 1 aromatic rings. The molecular formula is C13H15ClN2O3S. The lowest BCUT2D eigenvalue weighted by molar-refractivity contribution is -0.142. The number of nitrogens with zero attached hydrogens (tertiary/aromatic N) is 1. The average Bonchev–Trinajstić information content (AvgIpc) is 2.38. The minimum Gasteiger partial charge on any atom is -0.480 e. The lowest BCUT2D eigenvalue weighted by atomic mass is 10.2. The highest BCUT2D eigenvalue weighted by atomic mass is 35.5. The maximum atomic E-state index is 12.0. The summed E-state index contributed by atoms with van der Waals surface area (Å²) in [5.74, 6) is 0.242. The van der Waals surface area contributed by atoms with Crippen LogP contribution in [0, 0.1) is 0 Å². The number of thioether (sulfide) groups is 1. The minimum absolute atomic E-state index is 0.0735. The molecule has 20 heavy (non-hydrogen) atoms. The molecule has 0 bridgehead atoms. The molecule has 7 heteroatoms. The molecule has 2 N–H and O–H groups in total. The van der Waals surface area contributed by atoms with Crippen molar-refractivity contribution in [3.8, 4) is 0 Å². The van der Waals surface area contributed by atoms with Crippen LogP contribution in [0.3, 0.4) is 0 Å². The number of halogens is 1. The van der Waals surface area contributed by atoms with Crippen molar-refractivity contribution in [2.45, 2.75) is 6.04 Å². The van der Waals surface area contributed by atoms with Gasteiger partial charge < -0.3 is 10.4 Å². The predicted octanol–water partition coefficient (Wildman–Crippen LogP) is 1.78. The maximum absolute atomic E-state index is 12.0. The van der Waals surface area contributed by atoms with Gasteiger partial charge in [-0.05, 0) is 18.2 Å². The van der Waals surface area contributed by atoms with Crippen LogP contribution in [0.1, 0.15) is 0 Å². The molecule has 1 unspecified atom stereocenters. The number of hydrogen-bond acceptors (Lipinski definition) is 4. The zero-order valence-electron chi connectivity index (χ0n) is 10.7. The van der Waals surface area contributed by atoms with Crippen molar-refractivity contribution in [3.63, 3.8) is 0 Å². The van der Waals surface area contributed by atoms with Gasteiger partial charge in [0.05, 0.1) is 6.54 Å². The lowest BCUT2D eigenvalue weighted by Gasteiger charge is -2.31. The summed E-state index contributed by atoms with van der Waals surface area (Å²) >= 11 is 7.44. The van der Waals surface area contributed by atoms with Gasteiger partial charge in [-0.3, -0.25) is 14.5 Å². The minimum atomic E-state index is -0.882. The Morgan fingerprint density at radius 2 is 2.30 bits per heavy atom. The number of anilines is 1. The third kappa shape index (κ3) is 4.13. The molecule has 0 saturated carbocycles. The Hall–Kier alpha value is -1.24. The zero-order chi connectivity index (χ0) is 14.5. The number of carboxylic acids is 1. The Morgan fingerprint density at radius 1 is 1.50 bits per heavy atom. The third-order valence-electron chi connectivity index (χ3n) is 2.98. The number of carbonyl (C=O) groups is 2. The number of benzene rings is 1. The summed E-state index contributed by atoms with van der Waals surface area (Å²) in [5, 5.41) is 12.4. The lowest BCUT2D eigenvalue weighted by Crippen LogP contribution is -2.50. The van der Waals surface area contributed by atoms with Crippen molar-refractivity contribution >= 4 is 40.9 Å². The van der Waals surface area contributed by atoms with E-state index in [1.807, 2.05) is 0 Å². The van der Waals surface area contributed by atoms with Crippen LogP contribution < -0.4 is 5.32 Å². The van der Waals surface area contributed by atoms with Crippen LogP contribution in [0.25, 0.3) is 0 Å². The molecule has 1 fully saturated rings. The first-order chi connectivity index (χ1) is 9.56. The second kappa shape index (κ2) is 6.97. The van der Waals surface area contributed by atoms with E-state index in [-0.39, 0.29) is 12.5 Å². The van der Waals surface area contributed by atoms with Gasteiger partial charge in [-0.25, -0.2) is 0 Å². The molecular weight excluding hydrogens is 300 g/mol. The summed E-state index contributed by atoms with van der Waals surface area (Å²) in [6.45, 7) is 0.675. The number of carbonyl (C=O) groups excluding carboxylic acids is 1. The van der Waals surface area contributed by atoms with Gasteiger partial charge in [0.1, 0.15) is 6.04 Å². The quantitative estimate of drug-likeness (QED) is 0.886. The first-order valence-electron chi connectivity index (χ1n) is 6.16. The summed E-state index contributed by atoms with van der Waals surface area (Å²) in [5.41, 5.74) is 0.612. The van der Waals surface area contributed by atoms with E-state index >= 15 is 0 Å². The summed E-state index contributed by atoms with van der Waals surface area (Å²) < 4.78 is 0. The molecule has 1 aliphatic rings. The Kier molecular flexibility index (Phi) is 5.28. The van der Waals surface area contributed by atoms with Gasteiger partial charge in [-0.1, -0.05) is 17.7 Å². The average molecular weight is 315 g/mol. The largest absolute Gasteiger partial charge is 0.480 e. The summed E-state index contributed by atoms with van der Waals surface area (Å²) in [6.07, 6.45) is 0. The fourth-order valence-electron chi connectivity index (χ4n) is 2.01. The molecule has 0 aromatic heterocycles.